The minimum Gasteiger partial charge on any atom is -0.397 e. The highest BCUT2D eigenvalue weighted by atomic mass is 16.3. The van der Waals surface area contributed by atoms with Gasteiger partial charge in [0.1, 0.15) is 0 Å². The molecule has 1 aromatic rings. The number of hydrogen-bond donors (Lipinski definition) is 3. The molecule has 1 amide bonds. The number of carbonyl (C=O) groups excluding carboxylic acids is 1. The van der Waals surface area contributed by atoms with Gasteiger partial charge in [-0.1, -0.05) is 0 Å². The predicted molar refractivity (Wildman–Crippen MR) is 78.3 cm³/mol. The van der Waals surface area contributed by atoms with Crippen LogP contribution in [0.5, 0.6) is 0 Å². The average molecular weight is 265 g/mol. The monoisotopic (exact) mass is 265 g/mol. The Morgan fingerprint density at radius 3 is 2.74 bits per heavy atom. The first-order chi connectivity index (χ1) is 8.91. The molecule has 5 nitrogen and oxygen atoms in total. The third-order valence-electron chi connectivity index (χ3n) is 2.82. The van der Waals surface area contributed by atoms with E-state index >= 15 is 0 Å². The van der Waals surface area contributed by atoms with E-state index in [0.29, 0.717) is 17.8 Å². The second-order valence-corrected chi connectivity index (χ2v) is 4.92. The molecule has 1 aromatic carbocycles. The molecule has 1 rings (SSSR count). The normalized spacial score (nSPS) is 12.0. The Balaban J connectivity index is 2.67. The van der Waals surface area contributed by atoms with Crippen molar-refractivity contribution in [3.63, 3.8) is 0 Å². The average Bonchev–Trinajstić information content (AvgIpc) is 2.35. The lowest BCUT2D eigenvalue weighted by atomic mass is 10.1. The smallest absolute Gasteiger partial charge is 0.253 e. The van der Waals surface area contributed by atoms with Gasteiger partial charge in [-0.3, -0.25) is 4.79 Å². The van der Waals surface area contributed by atoms with Crippen molar-refractivity contribution >= 4 is 17.3 Å². The van der Waals surface area contributed by atoms with Crippen molar-refractivity contribution in [1.29, 1.82) is 0 Å². The molecule has 0 fully saturated rings. The van der Waals surface area contributed by atoms with E-state index in [9.17, 15) is 9.90 Å². The highest BCUT2D eigenvalue weighted by Gasteiger charge is 2.10. The SMILES string of the molecule is CC(O)CCCNc1cc(C(=O)N(C)C)ccc1N. The van der Waals surface area contributed by atoms with Crippen LogP contribution in [0.25, 0.3) is 0 Å². The number of nitrogen functional groups attached to an aromatic ring is 1. The maximum Gasteiger partial charge on any atom is 0.253 e. The predicted octanol–water partition coefficient (Wildman–Crippen LogP) is 1.54. The lowest BCUT2D eigenvalue weighted by Crippen LogP contribution is -2.21. The van der Waals surface area contributed by atoms with E-state index in [0.717, 1.165) is 18.5 Å². The number of carbonyl (C=O) groups is 1. The number of nitrogens with one attached hydrogen (secondary N) is 1. The Hall–Kier alpha value is -1.75. The first-order valence-electron chi connectivity index (χ1n) is 6.45. The van der Waals surface area contributed by atoms with E-state index in [1.807, 2.05) is 0 Å². The van der Waals surface area contributed by atoms with Crippen molar-refractivity contribution < 1.29 is 9.90 Å². The van der Waals surface area contributed by atoms with Crippen molar-refractivity contribution in [1.82, 2.24) is 4.90 Å². The molecule has 0 aromatic heterocycles. The van der Waals surface area contributed by atoms with Gasteiger partial charge in [-0.25, -0.2) is 0 Å². The van der Waals surface area contributed by atoms with Crippen molar-refractivity contribution in [3.8, 4) is 0 Å². The second-order valence-electron chi connectivity index (χ2n) is 4.92. The minimum atomic E-state index is -0.291. The van der Waals surface area contributed by atoms with E-state index in [2.05, 4.69) is 5.32 Å². The van der Waals surface area contributed by atoms with E-state index in [1.54, 1.807) is 39.2 Å². The summed E-state index contributed by atoms with van der Waals surface area (Å²) in [5.74, 6) is -0.0490. The number of anilines is 2. The maximum absolute atomic E-state index is 11.9. The Morgan fingerprint density at radius 1 is 1.47 bits per heavy atom. The highest BCUT2D eigenvalue weighted by Crippen LogP contribution is 2.20. The zero-order valence-corrected chi connectivity index (χ0v) is 11.8. The fourth-order valence-electron chi connectivity index (χ4n) is 1.72. The summed E-state index contributed by atoms with van der Waals surface area (Å²) in [7, 11) is 3.43. The van der Waals surface area contributed by atoms with Gasteiger partial charge in [0.2, 0.25) is 0 Å². The summed E-state index contributed by atoms with van der Waals surface area (Å²) in [6.45, 7) is 2.49. The number of aliphatic hydroxyl groups is 1. The van der Waals surface area contributed by atoms with E-state index in [1.165, 1.54) is 4.90 Å². The molecule has 0 saturated carbocycles. The second kappa shape index (κ2) is 6.99. The van der Waals surface area contributed by atoms with Crippen LogP contribution in [-0.2, 0) is 0 Å². The number of nitrogens with zero attached hydrogens (tertiary/aromatic N) is 1. The van der Waals surface area contributed by atoms with E-state index in [-0.39, 0.29) is 12.0 Å². The topological polar surface area (TPSA) is 78.6 Å². The third-order valence-corrected chi connectivity index (χ3v) is 2.82. The molecule has 0 heterocycles. The molecule has 0 saturated heterocycles. The van der Waals surface area contributed by atoms with Gasteiger partial charge in [0.25, 0.3) is 5.91 Å². The van der Waals surface area contributed by atoms with Crippen molar-refractivity contribution in [2.75, 3.05) is 31.7 Å². The van der Waals surface area contributed by atoms with Gasteiger partial charge in [-0.2, -0.15) is 0 Å². The van der Waals surface area contributed by atoms with E-state index < -0.39 is 0 Å². The fourth-order valence-corrected chi connectivity index (χ4v) is 1.72. The summed E-state index contributed by atoms with van der Waals surface area (Å²) < 4.78 is 0. The van der Waals surface area contributed by atoms with Gasteiger partial charge < -0.3 is 21.1 Å². The maximum atomic E-state index is 11.9. The number of rotatable bonds is 6. The summed E-state index contributed by atoms with van der Waals surface area (Å²) in [6, 6.07) is 5.21. The molecule has 0 radical (unpaired) electrons. The van der Waals surface area contributed by atoms with Gasteiger partial charge in [0, 0.05) is 26.2 Å². The summed E-state index contributed by atoms with van der Waals surface area (Å²) in [5.41, 5.74) is 7.86. The fraction of sp³-hybridized carbons (Fsp3) is 0.500. The molecular weight excluding hydrogens is 242 g/mol. The molecule has 1 unspecified atom stereocenters. The van der Waals surface area contributed by atoms with Crippen LogP contribution in [0.4, 0.5) is 11.4 Å². The minimum absolute atomic E-state index is 0.0490. The van der Waals surface area contributed by atoms with Crippen molar-refractivity contribution in [3.05, 3.63) is 23.8 Å². The lowest BCUT2D eigenvalue weighted by molar-refractivity contribution is 0.0827. The van der Waals surface area contributed by atoms with Crippen LogP contribution in [0.2, 0.25) is 0 Å². The number of aliphatic hydroxyl groups excluding tert-OH is 1. The number of nitrogens with two attached hydrogens (primary N) is 1. The molecule has 5 heteroatoms. The molecule has 0 spiro atoms. The van der Waals surface area contributed by atoms with Gasteiger partial charge in [-0.05, 0) is 38.0 Å². The number of hydrogen-bond acceptors (Lipinski definition) is 4. The van der Waals surface area contributed by atoms with Crippen LogP contribution in [0, 0.1) is 0 Å². The largest absolute Gasteiger partial charge is 0.397 e. The van der Waals surface area contributed by atoms with Gasteiger partial charge in [0.05, 0.1) is 17.5 Å². The number of amides is 1. The van der Waals surface area contributed by atoms with Crippen LogP contribution in [0.15, 0.2) is 18.2 Å². The third kappa shape index (κ3) is 4.79. The Bertz CT molecular complexity index is 431. The molecule has 0 bridgehead atoms. The van der Waals surface area contributed by atoms with Gasteiger partial charge >= 0.3 is 0 Å². The number of benzene rings is 1. The Kier molecular flexibility index (Phi) is 5.63. The molecule has 0 aliphatic rings. The lowest BCUT2D eigenvalue weighted by Gasteiger charge is -2.14. The zero-order valence-electron chi connectivity index (χ0n) is 11.8. The van der Waals surface area contributed by atoms with Gasteiger partial charge in [0.15, 0.2) is 0 Å². The molecule has 19 heavy (non-hydrogen) atoms. The summed E-state index contributed by atoms with van der Waals surface area (Å²) in [4.78, 5) is 13.4. The molecular formula is C14H23N3O2. The molecule has 0 aliphatic heterocycles. The molecule has 4 N–H and O–H groups in total. The van der Waals surface area contributed by atoms with Crippen molar-refractivity contribution in [2.24, 2.45) is 0 Å². The standard InChI is InChI=1S/C14H23N3O2/c1-10(18)5-4-8-16-13-9-11(6-7-12(13)15)14(19)17(2)3/h6-7,9-10,16,18H,4-5,8,15H2,1-3H3. The molecule has 0 aliphatic carbocycles. The Labute approximate surface area is 114 Å². The first-order valence-corrected chi connectivity index (χ1v) is 6.45. The summed E-state index contributed by atoms with van der Waals surface area (Å²) in [5, 5.41) is 12.4. The van der Waals surface area contributed by atoms with Crippen LogP contribution in [0.3, 0.4) is 0 Å². The van der Waals surface area contributed by atoms with Gasteiger partial charge in [-0.15, -0.1) is 0 Å². The quantitative estimate of drug-likeness (QED) is 0.538. The van der Waals surface area contributed by atoms with Crippen molar-refractivity contribution in [2.45, 2.75) is 25.9 Å². The Morgan fingerprint density at radius 2 is 2.16 bits per heavy atom. The first kappa shape index (κ1) is 15.3. The summed E-state index contributed by atoms with van der Waals surface area (Å²) >= 11 is 0. The van der Waals surface area contributed by atoms with Crippen LogP contribution in [-0.4, -0.2) is 42.7 Å². The molecule has 1 atom stereocenters. The summed E-state index contributed by atoms with van der Waals surface area (Å²) in [6.07, 6.45) is 1.30. The van der Waals surface area contributed by atoms with Crippen LogP contribution in [0.1, 0.15) is 30.1 Å². The molecule has 106 valence electrons. The highest BCUT2D eigenvalue weighted by molar-refractivity contribution is 5.95. The van der Waals surface area contributed by atoms with Crippen LogP contribution < -0.4 is 11.1 Å². The van der Waals surface area contributed by atoms with Crippen LogP contribution >= 0.6 is 0 Å². The van der Waals surface area contributed by atoms with E-state index in [4.69, 9.17) is 5.73 Å². The zero-order chi connectivity index (χ0) is 14.4.